The standard InChI is InChI=1S/C13H21N3O2S/c17-19(18,9-5-12-3-7-14-8-4-12)16-11-13-2-1-6-15-10-13/h3-4,7-8,13,15-16H,1-2,5-6,9-11H2. The Morgan fingerprint density at radius 2 is 2.16 bits per heavy atom. The molecule has 2 rings (SSSR count). The molecule has 5 nitrogen and oxygen atoms in total. The van der Waals surface area contributed by atoms with Gasteiger partial charge < -0.3 is 5.32 Å². The Labute approximate surface area is 114 Å². The van der Waals surface area contributed by atoms with Crippen molar-refractivity contribution in [2.24, 2.45) is 5.92 Å². The predicted octanol–water partition coefficient (Wildman–Crippen LogP) is 0.543. The van der Waals surface area contributed by atoms with Crippen molar-refractivity contribution in [1.29, 1.82) is 0 Å². The van der Waals surface area contributed by atoms with E-state index in [4.69, 9.17) is 0 Å². The molecule has 1 saturated heterocycles. The van der Waals surface area contributed by atoms with Gasteiger partial charge in [0.15, 0.2) is 0 Å². The number of aryl methyl sites for hydroxylation is 1. The molecule has 1 fully saturated rings. The molecule has 0 aromatic carbocycles. The molecule has 1 aromatic rings. The van der Waals surface area contributed by atoms with Gasteiger partial charge in [0.25, 0.3) is 0 Å². The van der Waals surface area contributed by atoms with Gasteiger partial charge in [0, 0.05) is 18.9 Å². The van der Waals surface area contributed by atoms with Crippen molar-refractivity contribution in [3.63, 3.8) is 0 Å². The van der Waals surface area contributed by atoms with Crippen molar-refractivity contribution >= 4 is 10.0 Å². The number of hydrogen-bond donors (Lipinski definition) is 2. The SMILES string of the molecule is O=S(=O)(CCc1ccncc1)NCC1CCCNC1. The van der Waals surface area contributed by atoms with Crippen molar-refractivity contribution in [3.8, 4) is 0 Å². The summed E-state index contributed by atoms with van der Waals surface area (Å²) in [6.45, 7) is 2.50. The normalized spacial score (nSPS) is 20.3. The molecule has 106 valence electrons. The fourth-order valence-electron chi connectivity index (χ4n) is 2.22. The highest BCUT2D eigenvalue weighted by Crippen LogP contribution is 2.09. The summed E-state index contributed by atoms with van der Waals surface area (Å²) in [6.07, 6.45) is 6.12. The van der Waals surface area contributed by atoms with Gasteiger partial charge in [-0.15, -0.1) is 0 Å². The van der Waals surface area contributed by atoms with Gasteiger partial charge in [-0.3, -0.25) is 4.98 Å². The molecule has 1 unspecified atom stereocenters. The first-order chi connectivity index (χ1) is 9.16. The number of piperidine rings is 1. The van der Waals surface area contributed by atoms with Crippen LogP contribution in [-0.4, -0.2) is 38.8 Å². The summed E-state index contributed by atoms with van der Waals surface area (Å²) in [4.78, 5) is 3.92. The van der Waals surface area contributed by atoms with Crippen LogP contribution in [-0.2, 0) is 16.4 Å². The van der Waals surface area contributed by atoms with Crippen LogP contribution in [0.1, 0.15) is 18.4 Å². The van der Waals surface area contributed by atoms with Gasteiger partial charge in [0.1, 0.15) is 0 Å². The summed E-state index contributed by atoms with van der Waals surface area (Å²) in [5.74, 6) is 0.557. The summed E-state index contributed by atoms with van der Waals surface area (Å²) >= 11 is 0. The zero-order valence-electron chi connectivity index (χ0n) is 11.0. The third-order valence-corrected chi connectivity index (χ3v) is 4.75. The lowest BCUT2D eigenvalue weighted by Gasteiger charge is -2.22. The monoisotopic (exact) mass is 283 g/mol. The van der Waals surface area contributed by atoms with E-state index in [1.807, 2.05) is 12.1 Å². The van der Waals surface area contributed by atoms with Crippen molar-refractivity contribution in [1.82, 2.24) is 15.0 Å². The summed E-state index contributed by atoms with van der Waals surface area (Å²) in [7, 11) is -3.18. The smallest absolute Gasteiger partial charge is 0.211 e. The molecular formula is C13H21N3O2S. The van der Waals surface area contributed by atoms with Crippen molar-refractivity contribution in [3.05, 3.63) is 30.1 Å². The average Bonchev–Trinajstić information content (AvgIpc) is 2.46. The van der Waals surface area contributed by atoms with E-state index in [1.165, 1.54) is 0 Å². The van der Waals surface area contributed by atoms with Gasteiger partial charge in [0.05, 0.1) is 5.75 Å². The fourth-order valence-corrected chi connectivity index (χ4v) is 3.36. The minimum absolute atomic E-state index is 0.136. The Balaban J connectivity index is 1.75. The maximum absolute atomic E-state index is 11.9. The third-order valence-electron chi connectivity index (χ3n) is 3.40. The van der Waals surface area contributed by atoms with E-state index in [9.17, 15) is 8.42 Å². The number of nitrogens with zero attached hydrogens (tertiary/aromatic N) is 1. The first kappa shape index (κ1) is 14.4. The third kappa shape index (κ3) is 5.26. The van der Waals surface area contributed by atoms with Crippen LogP contribution in [0.4, 0.5) is 0 Å². The molecule has 0 spiro atoms. The van der Waals surface area contributed by atoms with Gasteiger partial charge in [-0.2, -0.15) is 0 Å². The molecule has 2 N–H and O–H groups in total. The molecule has 2 heterocycles. The van der Waals surface area contributed by atoms with Gasteiger partial charge in [-0.25, -0.2) is 13.1 Å². The lowest BCUT2D eigenvalue weighted by Crippen LogP contribution is -2.39. The second-order valence-electron chi connectivity index (χ2n) is 4.99. The molecule has 0 radical (unpaired) electrons. The number of hydrogen-bond acceptors (Lipinski definition) is 4. The highest BCUT2D eigenvalue weighted by Gasteiger charge is 2.16. The summed E-state index contributed by atoms with van der Waals surface area (Å²) < 4.78 is 26.5. The van der Waals surface area contributed by atoms with Crippen LogP contribution in [0, 0.1) is 5.92 Å². The first-order valence-electron chi connectivity index (χ1n) is 6.73. The van der Waals surface area contributed by atoms with E-state index >= 15 is 0 Å². The van der Waals surface area contributed by atoms with E-state index in [0.29, 0.717) is 18.9 Å². The van der Waals surface area contributed by atoms with E-state index in [-0.39, 0.29) is 5.75 Å². The minimum atomic E-state index is -3.18. The van der Waals surface area contributed by atoms with E-state index in [0.717, 1.165) is 31.5 Å². The first-order valence-corrected chi connectivity index (χ1v) is 8.38. The molecule has 19 heavy (non-hydrogen) atoms. The van der Waals surface area contributed by atoms with Crippen molar-refractivity contribution in [2.75, 3.05) is 25.4 Å². The predicted molar refractivity (Wildman–Crippen MR) is 75.3 cm³/mol. The molecule has 0 saturated carbocycles. The highest BCUT2D eigenvalue weighted by atomic mass is 32.2. The average molecular weight is 283 g/mol. The molecule has 1 aliphatic rings. The molecule has 0 aliphatic carbocycles. The van der Waals surface area contributed by atoms with Crippen LogP contribution in [0.15, 0.2) is 24.5 Å². The lowest BCUT2D eigenvalue weighted by molar-refractivity contribution is 0.376. The number of aromatic nitrogens is 1. The number of nitrogens with one attached hydrogen (secondary N) is 2. The topological polar surface area (TPSA) is 71.1 Å². The minimum Gasteiger partial charge on any atom is -0.316 e. The zero-order valence-corrected chi connectivity index (χ0v) is 11.8. The van der Waals surface area contributed by atoms with Crippen LogP contribution in [0.5, 0.6) is 0 Å². The lowest BCUT2D eigenvalue weighted by atomic mass is 10.0. The van der Waals surface area contributed by atoms with Crippen molar-refractivity contribution < 1.29 is 8.42 Å². The Morgan fingerprint density at radius 1 is 1.37 bits per heavy atom. The quantitative estimate of drug-likeness (QED) is 0.799. The Kier molecular flexibility index (Phi) is 5.30. The van der Waals surface area contributed by atoms with E-state index in [2.05, 4.69) is 15.0 Å². The zero-order chi connectivity index (χ0) is 13.6. The van der Waals surface area contributed by atoms with E-state index in [1.54, 1.807) is 12.4 Å². The van der Waals surface area contributed by atoms with Gasteiger partial charge >= 0.3 is 0 Å². The second-order valence-corrected chi connectivity index (χ2v) is 6.91. The highest BCUT2D eigenvalue weighted by molar-refractivity contribution is 7.89. The molecule has 0 bridgehead atoms. The molecule has 1 aromatic heterocycles. The number of sulfonamides is 1. The second kappa shape index (κ2) is 6.98. The Bertz CT molecular complexity index is 470. The molecule has 1 aliphatic heterocycles. The summed E-state index contributed by atoms with van der Waals surface area (Å²) in [5.41, 5.74) is 1.000. The largest absolute Gasteiger partial charge is 0.316 e. The van der Waals surface area contributed by atoms with Crippen LogP contribution < -0.4 is 10.0 Å². The Hall–Kier alpha value is -0.980. The Morgan fingerprint density at radius 3 is 2.84 bits per heavy atom. The van der Waals surface area contributed by atoms with Crippen LogP contribution in [0.3, 0.4) is 0 Å². The van der Waals surface area contributed by atoms with Gasteiger partial charge in [0.2, 0.25) is 10.0 Å². The van der Waals surface area contributed by atoms with Crippen LogP contribution >= 0.6 is 0 Å². The molecule has 1 atom stereocenters. The summed E-state index contributed by atoms with van der Waals surface area (Å²) in [6, 6.07) is 3.70. The maximum atomic E-state index is 11.9. The summed E-state index contributed by atoms with van der Waals surface area (Å²) in [5, 5.41) is 3.29. The number of rotatable bonds is 6. The number of pyridine rings is 1. The van der Waals surface area contributed by atoms with Gasteiger partial charge in [-0.1, -0.05) is 0 Å². The van der Waals surface area contributed by atoms with Gasteiger partial charge in [-0.05, 0) is 56.0 Å². The van der Waals surface area contributed by atoms with Crippen molar-refractivity contribution in [2.45, 2.75) is 19.3 Å². The van der Waals surface area contributed by atoms with Crippen LogP contribution in [0.2, 0.25) is 0 Å². The molecular weight excluding hydrogens is 262 g/mol. The maximum Gasteiger partial charge on any atom is 0.211 e. The molecule has 6 heteroatoms. The molecule has 0 amide bonds. The van der Waals surface area contributed by atoms with E-state index < -0.39 is 10.0 Å². The fraction of sp³-hybridized carbons (Fsp3) is 0.615. The van der Waals surface area contributed by atoms with Crippen LogP contribution in [0.25, 0.3) is 0 Å².